The monoisotopic (exact) mass is 372 g/mol. The molecule has 1 aromatic carbocycles. The molecule has 0 amide bonds. The first-order valence-corrected chi connectivity index (χ1v) is 9.50. The number of nitrogens with one attached hydrogen (secondary N) is 1. The lowest BCUT2D eigenvalue weighted by molar-refractivity contribution is 0.0211. The molecule has 3 aromatic rings. The molecule has 7 heteroatoms. The van der Waals surface area contributed by atoms with Crippen LogP contribution in [-0.2, 0) is 4.74 Å². The first-order chi connectivity index (χ1) is 13.8. The molecule has 0 bridgehead atoms. The van der Waals surface area contributed by atoms with E-state index in [0.29, 0.717) is 18.0 Å². The third-order valence-corrected chi connectivity index (χ3v) is 5.42. The molecule has 2 aromatic heterocycles. The van der Waals surface area contributed by atoms with Gasteiger partial charge in [-0.05, 0) is 37.0 Å². The molecule has 28 heavy (non-hydrogen) atoms. The molecule has 140 valence electrons. The minimum absolute atomic E-state index is 0.376. The number of benzene rings is 1. The Bertz CT molecular complexity index is 1070. The highest BCUT2D eigenvalue weighted by atomic mass is 16.5. The van der Waals surface area contributed by atoms with Crippen molar-refractivity contribution >= 4 is 16.7 Å². The molecule has 0 unspecified atom stereocenters. The van der Waals surface area contributed by atoms with Crippen LogP contribution in [0.15, 0.2) is 48.9 Å². The molecule has 0 spiro atoms. The molecule has 1 saturated carbocycles. The highest BCUT2D eigenvalue weighted by molar-refractivity contribution is 5.80. The molecule has 1 N–H and O–H groups in total. The lowest BCUT2D eigenvalue weighted by atomic mass is 9.80. The maximum Gasteiger partial charge on any atom is 0.0924 e. The Kier molecular flexibility index (Phi) is 4.26. The van der Waals surface area contributed by atoms with Crippen LogP contribution in [0.25, 0.3) is 22.3 Å². The Morgan fingerprint density at radius 1 is 1.21 bits per heavy atom. The Morgan fingerprint density at radius 3 is 2.89 bits per heavy atom. The van der Waals surface area contributed by atoms with E-state index in [1.54, 1.807) is 12.3 Å². The predicted octanol–water partition coefficient (Wildman–Crippen LogP) is 3.33. The summed E-state index contributed by atoms with van der Waals surface area (Å²) >= 11 is 0. The van der Waals surface area contributed by atoms with Crippen LogP contribution in [-0.4, -0.2) is 39.0 Å². The summed E-state index contributed by atoms with van der Waals surface area (Å²) in [6.45, 7) is 1.49. The van der Waals surface area contributed by atoms with Crippen molar-refractivity contribution in [3.05, 3.63) is 48.9 Å². The second-order valence-corrected chi connectivity index (χ2v) is 7.42. The van der Waals surface area contributed by atoms with Gasteiger partial charge in [-0.25, -0.2) is 4.98 Å². The molecule has 5 rings (SSSR count). The van der Waals surface area contributed by atoms with E-state index in [1.165, 1.54) is 0 Å². The topological polar surface area (TPSA) is 88.7 Å². The van der Waals surface area contributed by atoms with Gasteiger partial charge in [0.25, 0.3) is 0 Å². The number of anilines is 1. The van der Waals surface area contributed by atoms with Gasteiger partial charge in [0.15, 0.2) is 0 Å². The van der Waals surface area contributed by atoms with Gasteiger partial charge in [-0.2, -0.15) is 10.4 Å². The van der Waals surface area contributed by atoms with E-state index in [-0.39, 0.29) is 0 Å². The van der Waals surface area contributed by atoms with Gasteiger partial charge >= 0.3 is 0 Å². The van der Waals surface area contributed by atoms with E-state index in [2.05, 4.69) is 21.5 Å². The van der Waals surface area contributed by atoms with Gasteiger partial charge in [0.1, 0.15) is 0 Å². The quantitative estimate of drug-likeness (QED) is 0.691. The van der Waals surface area contributed by atoms with Crippen LogP contribution in [0.3, 0.4) is 0 Å². The fourth-order valence-electron chi connectivity index (χ4n) is 3.65. The van der Waals surface area contributed by atoms with E-state index < -0.39 is 0 Å². The molecule has 0 radical (unpaired) electrons. The van der Waals surface area contributed by atoms with Crippen molar-refractivity contribution in [3.63, 3.8) is 0 Å². The van der Waals surface area contributed by atoms with E-state index in [9.17, 15) is 0 Å². The van der Waals surface area contributed by atoms with Gasteiger partial charge < -0.3 is 10.1 Å². The fourth-order valence-corrected chi connectivity index (χ4v) is 3.65. The van der Waals surface area contributed by atoms with Crippen LogP contribution in [0.1, 0.15) is 18.9 Å². The first-order valence-electron chi connectivity index (χ1n) is 9.50. The van der Waals surface area contributed by atoms with E-state index in [1.807, 2.05) is 41.4 Å². The van der Waals surface area contributed by atoms with Crippen molar-refractivity contribution in [2.75, 3.05) is 18.5 Å². The van der Waals surface area contributed by atoms with Crippen molar-refractivity contribution in [1.82, 2.24) is 19.7 Å². The summed E-state index contributed by atoms with van der Waals surface area (Å²) in [5.41, 5.74) is 4.56. The Balaban J connectivity index is 1.34. The highest BCUT2D eigenvalue weighted by Crippen LogP contribution is 2.38. The number of hydrogen-bond donors (Lipinski definition) is 1. The summed E-state index contributed by atoms with van der Waals surface area (Å²) < 4.78 is 7.22. The smallest absolute Gasteiger partial charge is 0.0924 e. The normalized spacial score (nSPS) is 22.0. The molecule has 2 aliphatic rings. The van der Waals surface area contributed by atoms with Crippen LogP contribution < -0.4 is 5.32 Å². The van der Waals surface area contributed by atoms with Gasteiger partial charge in [0.2, 0.25) is 0 Å². The number of fused-ring (bicyclic) bond motifs is 1. The zero-order valence-corrected chi connectivity index (χ0v) is 15.3. The summed E-state index contributed by atoms with van der Waals surface area (Å²) in [5, 5.41) is 16.6. The zero-order valence-electron chi connectivity index (χ0n) is 15.3. The lowest BCUT2D eigenvalue weighted by Crippen LogP contribution is -2.40. The van der Waals surface area contributed by atoms with Crippen LogP contribution in [0, 0.1) is 17.2 Å². The van der Waals surface area contributed by atoms with Crippen molar-refractivity contribution in [2.45, 2.75) is 24.9 Å². The van der Waals surface area contributed by atoms with Gasteiger partial charge in [-0.1, -0.05) is 6.08 Å². The Morgan fingerprint density at radius 2 is 2.11 bits per heavy atom. The maximum absolute atomic E-state index is 8.62. The number of allylic oxidation sites excluding steroid dienone is 2. The third kappa shape index (κ3) is 3.23. The van der Waals surface area contributed by atoms with Crippen molar-refractivity contribution in [3.8, 4) is 17.3 Å². The molecule has 3 heterocycles. The summed E-state index contributed by atoms with van der Waals surface area (Å²) in [6, 6.07) is 8.86. The molecule has 1 aliphatic carbocycles. The second-order valence-electron chi connectivity index (χ2n) is 7.42. The number of nitriles is 1. The number of ether oxygens (including phenoxy) is 1. The molecular formula is C21H20N6O. The highest BCUT2D eigenvalue weighted by Gasteiger charge is 2.29. The van der Waals surface area contributed by atoms with Crippen molar-refractivity contribution < 1.29 is 4.74 Å². The van der Waals surface area contributed by atoms with Gasteiger partial charge in [0.05, 0.1) is 60.5 Å². The Hall–Kier alpha value is -3.24. The number of rotatable bonds is 5. The summed E-state index contributed by atoms with van der Waals surface area (Å²) in [4.78, 5) is 9.35. The maximum atomic E-state index is 8.62. The summed E-state index contributed by atoms with van der Waals surface area (Å²) in [7, 11) is 0. The number of hydrogen-bond acceptors (Lipinski definition) is 6. The summed E-state index contributed by atoms with van der Waals surface area (Å²) in [6.07, 6.45) is 11.3. The SMILES string of the molecule is N#CC=C[C@H]1C[C@H](n2cc(-c3cnc4ccc(NC5COC5)cc4n3)cn2)C1. The number of nitrogens with zero attached hydrogens (tertiary/aromatic N) is 5. The van der Waals surface area contributed by atoms with E-state index in [0.717, 1.165) is 54.0 Å². The van der Waals surface area contributed by atoms with Crippen LogP contribution in [0.2, 0.25) is 0 Å². The second kappa shape index (κ2) is 7.06. The standard InChI is InChI=1S/C21H20N6O/c22-5-1-2-14-6-18(7-14)27-11-15(9-24-27)21-10-23-19-4-3-16(8-20(19)26-21)25-17-12-28-13-17/h1-4,8-11,14,17-18,25H,6-7,12-13H2/t14-,18-. The minimum Gasteiger partial charge on any atom is -0.378 e. The van der Waals surface area contributed by atoms with Crippen LogP contribution in [0.5, 0.6) is 0 Å². The van der Waals surface area contributed by atoms with Gasteiger partial charge in [0, 0.05) is 23.5 Å². The largest absolute Gasteiger partial charge is 0.378 e. The predicted molar refractivity (Wildman–Crippen MR) is 106 cm³/mol. The zero-order chi connectivity index (χ0) is 18.9. The molecule has 7 nitrogen and oxygen atoms in total. The molecule has 1 aliphatic heterocycles. The Labute approximate surface area is 162 Å². The minimum atomic E-state index is 0.376. The van der Waals surface area contributed by atoms with E-state index in [4.69, 9.17) is 15.0 Å². The molecule has 1 saturated heterocycles. The van der Waals surface area contributed by atoms with Crippen LogP contribution in [0.4, 0.5) is 5.69 Å². The van der Waals surface area contributed by atoms with E-state index >= 15 is 0 Å². The van der Waals surface area contributed by atoms with Crippen molar-refractivity contribution in [1.29, 1.82) is 5.26 Å². The van der Waals surface area contributed by atoms with Gasteiger partial charge in [-0.3, -0.25) is 9.67 Å². The average Bonchev–Trinajstić information content (AvgIpc) is 3.12. The first kappa shape index (κ1) is 16.9. The molecule has 0 atom stereocenters. The van der Waals surface area contributed by atoms with Crippen LogP contribution >= 0.6 is 0 Å². The number of aromatic nitrogens is 4. The van der Waals surface area contributed by atoms with Gasteiger partial charge in [-0.15, -0.1) is 0 Å². The lowest BCUT2D eigenvalue weighted by Gasteiger charge is -2.33. The third-order valence-electron chi connectivity index (χ3n) is 5.42. The molecular weight excluding hydrogens is 352 g/mol. The molecule has 2 fully saturated rings. The fraction of sp³-hybridized carbons (Fsp3) is 0.333. The summed E-state index contributed by atoms with van der Waals surface area (Å²) in [5.74, 6) is 0.477. The van der Waals surface area contributed by atoms with Crippen molar-refractivity contribution in [2.24, 2.45) is 5.92 Å². The average molecular weight is 372 g/mol.